The van der Waals surface area contributed by atoms with Gasteiger partial charge < -0.3 is 15.5 Å². The summed E-state index contributed by atoms with van der Waals surface area (Å²) in [5.74, 6) is -0.193. The summed E-state index contributed by atoms with van der Waals surface area (Å²) in [5.41, 5.74) is 10.2. The summed E-state index contributed by atoms with van der Waals surface area (Å²) in [6.07, 6.45) is 1.53. The first-order chi connectivity index (χ1) is 14.0. The summed E-state index contributed by atoms with van der Waals surface area (Å²) in [6, 6.07) is 16.8. The van der Waals surface area contributed by atoms with Gasteiger partial charge in [0.15, 0.2) is 0 Å². The third-order valence-electron chi connectivity index (χ3n) is 5.52. The fourth-order valence-corrected chi connectivity index (χ4v) is 4.03. The van der Waals surface area contributed by atoms with E-state index in [-0.39, 0.29) is 24.3 Å². The Kier molecular flexibility index (Phi) is 7.04. The van der Waals surface area contributed by atoms with Crippen molar-refractivity contribution >= 4 is 11.8 Å². The number of nitrogens with two attached hydrogens (primary N) is 1. The third kappa shape index (κ3) is 5.24. The van der Waals surface area contributed by atoms with E-state index in [9.17, 15) is 9.59 Å². The lowest BCUT2D eigenvalue weighted by Crippen LogP contribution is -2.40. The number of aryl methyl sites for hydroxylation is 1. The second kappa shape index (κ2) is 9.70. The zero-order chi connectivity index (χ0) is 20.8. The monoisotopic (exact) mass is 393 g/mol. The molecule has 29 heavy (non-hydrogen) atoms. The van der Waals surface area contributed by atoms with Crippen molar-refractivity contribution < 1.29 is 9.59 Å². The van der Waals surface area contributed by atoms with Crippen molar-refractivity contribution in [3.8, 4) is 11.1 Å². The van der Waals surface area contributed by atoms with E-state index in [1.54, 1.807) is 4.90 Å². The molecular weight excluding hydrogens is 362 g/mol. The van der Waals surface area contributed by atoms with Crippen molar-refractivity contribution in [3.63, 3.8) is 0 Å². The molecule has 0 aromatic heterocycles. The number of amides is 2. The van der Waals surface area contributed by atoms with E-state index in [2.05, 4.69) is 56.3 Å². The molecule has 1 heterocycles. The Balaban J connectivity index is 1.84. The van der Waals surface area contributed by atoms with Gasteiger partial charge in [-0.05, 0) is 36.5 Å². The van der Waals surface area contributed by atoms with Gasteiger partial charge in [-0.3, -0.25) is 9.59 Å². The molecule has 1 aliphatic rings. The van der Waals surface area contributed by atoms with E-state index in [0.717, 1.165) is 24.1 Å². The predicted molar refractivity (Wildman–Crippen MR) is 116 cm³/mol. The standard InChI is InChI=1S/C24H31N3O2/c1-3-10-26-11-12-27(23(28)16-25)17-22(24(26)29)15-19-7-5-9-21(14-19)20-8-4-6-18(2)13-20/h4-9,13-14,22H,3,10-12,15-17,25H2,1-2H3. The molecule has 0 aliphatic carbocycles. The van der Waals surface area contributed by atoms with Crippen LogP contribution in [0.4, 0.5) is 0 Å². The van der Waals surface area contributed by atoms with E-state index in [1.165, 1.54) is 11.1 Å². The summed E-state index contributed by atoms with van der Waals surface area (Å²) in [4.78, 5) is 29.0. The first kappa shape index (κ1) is 21.1. The fraction of sp³-hybridized carbons (Fsp3) is 0.417. The highest BCUT2D eigenvalue weighted by atomic mass is 16.2. The first-order valence-electron chi connectivity index (χ1n) is 10.4. The minimum atomic E-state index is -0.243. The van der Waals surface area contributed by atoms with Gasteiger partial charge in [-0.25, -0.2) is 0 Å². The molecule has 3 rings (SSSR count). The molecule has 1 unspecified atom stereocenters. The van der Waals surface area contributed by atoms with Crippen LogP contribution in [0.5, 0.6) is 0 Å². The van der Waals surface area contributed by atoms with Crippen molar-refractivity contribution in [2.45, 2.75) is 26.7 Å². The normalized spacial score (nSPS) is 17.3. The van der Waals surface area contributed by atoms with Gasteiger partial charge in [-0.1, -0.05) is 61.0 Å². The molecule has 0 saturated carbocycles. The van der Waals surface area contributed by atoms with Gasteiger partial charge in [0.2, 0.25) is 11.8 Å². The van der Waals surface area contributed by atoms with Gasteiger partial charge in [0.25, 0.3) is 0 Å². The van der Waals surface area contributed by atoms with Crippen LogP contribution < -0.4 is 5.73 Å². The molecule has 2 aromatic rings. The second-order valence-corrected chi connectivity index (χ2v) is 7.84. The Morgan fingerprint density at radius 2 is 1.83 bits per heavy atom. The Labute approximate surface area is 173 Å². The molecule has 1 atom stereocenters. The molecule has 154 valence electrons. The number of carbonyl (C=O) groups is 2. The number of nitrogens with zero attached hydrogens (tertiary/aromatic N) is 2. The average molecular weight is 394 g/mol. The molecule has 1 saturated heterocycles. The number of rotatable bonds is 6. The maximum atomic E-state index is 13.2. The first-order valence-corrected chi connectivity index (χ1v) is 10.4. The zero-order valence-corrected chi connectivity index (χ0v) is 17.4. The number of benzene rings is 2. The summed E-state index contributed by atoms with van der Waals surface area (Å²) in [5, 5.41) is 0. The van der Waals surface area contributed by atoms with Gasteiger partial charge in [-0.2, -0.15) is 0 Å². The van der Waals surface area contributed by atoms with E-state index in [4.69, 9.17) is 5.73 Å². The van der Waals surface area contributed by atoms with Gasteiger partial charge in [-0.15, -0.1) is 0 Å². The van der Waals surface area contributed by atoms with Crippen LogP contribution in [-0.2, 0) is 16.0 Å². The van der Waals surface area contributed by atoms with Crippen LogP contribution in [0.2, 0.25) is 0 Å². The van der Waals surface area contributed by atoms with Crippen LogP contribution in [0.3, 0.4) is 0 Å². The predicted octanol–water partition coefficient (Wildman–Crippen LogP) is 2.86. The molecule has 2 amide bonds. The molecule has 0 spiro atoms. The maximum Gasteiger partial charge on any atom is 0.236 e. The quantitative estimate of drug-likeness (QED) is 0.821. The summed E-state index contributed by atoms with van der Waals surface area (Å²) in [6.45, 7) is 6.44. The van der Waals surface area contributed by atoms with Crippen LogP contribution in [-0.4, -0.2) is 54.3 Å². The molecule has 1 fully saturated rings. The molecule has 0 radical (unpaired) electrons. The Hall–Kier alpha value is -2.66. The Morgan fingerprint density at radius 1 is 1.10 bits per heavy atom. The van der Waals surface area contributed by atoms with Gasteiger partial charge >= 0.3 is 0 Å². The summed E-state index contributed by atoms with van der Waals surface area (Å²) < 4.78 is 0. The highest BCUT2D eigenvalue weighted by molar-refractivity contribution is 5.83. The lowest BCUT2D eigenvalue weighted by atomic mass is 9.94. The average Bonchev–Trinajstić information content (AvgIpc) is 2.88. The Bertz CT molecular complexity index is 865. The molecule has 1 aliphatic heterocycles. The van der Waals surface area contributed by atoms with Crippen LogP contribution in [0.1, 0.15) is 24.5 Å². The highest BCUT2D eigenvalue weighted by Gasteiger charge is 2.31. The summed E-state index contributed by atoms with van der Waals surface area (Å²) in [7, 11) is 0. The summed E-state index contributed by atoms with van der Waals surface area (Å²) >= 11 is 0. The van der Waals surface area contributed by atoms with Crippen LogP contribution in [0.15, 0.2) is 48.5 Å². The van der Waals surface area contributed by atoms with E-state index in [0.29, 0.717) is 26.1 Å². The molecule has 2 aromatic carbocycles. The van der Waals surface area contributed by atoms with Crippen LogP contribution in [0.25, 0.3) is 11.1 Å². The minimum absolute atomic E-state index is 0.0163. The molecule has 5 heteroatoms. The van der Waals surface area contributed by atoms with E-state index < -0.39 is 0 Å². The molecule has 5 nitrogen and oxygen atoms in total. The lowest BCUT2D eigenvalue weighted by molar-refractivity contribution is -0.134. The largest absolute Gasteiger partial charge is 0.341 e. The van der Waals surface area contributed by atoms with Crippen molar-refractivity contribution in [3.05, 3.63) is 59.7 Å². The second-order valence-electron chi connectivity index (χ2n) is 7.84. The van der Waals surface area contributed by atoms with E-state index >= 15 is 0 Å². The van der Waals surface area contributed by atoms with Crippen molar-refractivity contribution in [1.82, 2.24) is 9.80 Å². The van der Waals surface area contributed by atoms with Crippen molar-refractivity contribution in [2.24, 2.45) is 11.7 Å². The maximum absolute atomic E-state index is 13.2. The number of carbonyl (C=O) groups excluding carboxylic acids is 2. The topological polar surface area (TPSA) is 66.6 Å². The van der Waals surface area contributed by atoms with Crippen molar-refractivity contribution in [1.29, 1.82) is 0 Å². The Morgan fingerprint density at radius 3 is 2.52 bits per heavy atom. The van der Waals surface area contributed by atoms with Crippen LogP contribution in [0, 0.1) is 12.8 Å². The SMILES string of the molecule is CCCN1CCN(C(=O)CN)CC(Cc2cccc(-c3cccc(C)c3)c2)C1=O. The van der Waals surface area contributed by atoms with Crippen LogP contribution >= 0.6 is 0 Å². The smallest absolute Gasteiger partial charge is 0.236 e. The van der Waals surface area contributed by atoms with Gasteiger partial charge in [0, 0.05) is 26.2 Å². The molecular formula is C24H31N3O2. The van der Waals surface area contributed by atoms with E-state index in [1.807, 2.05) is 11.0 Å². The van der Waals surface area contributed by atoms with Crippen molar-refractivity contribution in [2.75, 3.05) is 32.7 Å². The molecule has 2 N–H and O–H groups in total. The lowest BCUT2D eigenvalue weighted by Gasteiger charge is -2.24. The number of hydrogen-bond donors (Lipinski definition) is 1. The zero-order valence-electron chi connectivity index (χ0n) is 17.4. The number of hydrogen-bond acceptors (Lipinski definition) is 3. The van der Waals surface area contributed by atoms with Gasteiger partial charge in [0.05, 0.1) is 12.5 Å². The highest BCUT2D eigenvalue weighted by Crippen LogP contribution is 2.24. The fourth-order valence-electron chi connectivity index (χ4n) is 4.03. The van der Waals surface area contributed by atoms with Gasteiger partial charge in [0.1, 0.15) is 0 Å². The third-order valence-corrected chi connectivity index (χ3v) is 5.52. The minimum Gasteiger partial charge on any atom is -0.341 e. The molecule has 0 bridgehead atoms.